The number of halogens is 1. The Hall–Kier alpha value is -2.86. The third-order valence-electron chi connectivity index (χ3n) is 3.63. The largest absolute Gasteiger partial charge is 0.382 e. The summed E-state index contributed by atoms with van der Waals surface area (Å²) in [6.07, 6.45) is 5.25. The number of nitrogens with one attached hydrogen (secondary N) is 1. The van der Waals surface area contributed by atoms with Gasteiger partial charge in [0.25, 0.3) is 0 Å². The van der Waals surface area contributed by atoms with Crippen LogP contribution in [0.2, 0.25) is 5.02 Å². The van der Waals surface area contributed by atoms with Gasteiger partial charge in [-0.25, -0.2) is 4.98 Å². The Morgan fingerprint density at radius 3 is 2.87 bits per heavy atom. The number of anilines is 1. The number of nitrogen functional groups attached to an aromatic ring is 1. The van der Waals surface area contributed by atoms with Crippen molar-refractivity contribution in [3.63, 3.8) is 0 Å². The first-order valence-corrected chi connectivity index (χ1v) is 7.39. The Bertz CT molecular complexity index is 1020. The average Bonchev–Trinajstić information content (AvgIpc) is 3.16. The Morgan fingerprint density at radius 1 is 1.22 bits per heavy atom. The summed E-state index contributed by atoms with van der Waals surface area (Å²) in [5, 5.41) is 6.05. The van der Waals surface area contributed by atoms with Crippen molar-refractivity contribution in [2.24, 2.45) is 7.05 Å². The van der Waals surface area contributed by atoms with Gasteiger partial charge in [0.2, 0.25) is 0 Å². The van der Waals surface area contributed by atoms with E-state index in [9.17, 15) is 0 Å². The van der Waals surface area contributed by atoms with E-state index in [1.165, 1.54) is 6.20 Å². The lowest BCUT2D eigenvalue weighted by molar-refractivity contribution is 0.770. The van der Waals surface area contributed by atoms with Crippen molar-refractivity contribution in [2.75, 3.05) is 5.73 Å². The van der Waals surface area contributed by atoms with Crippen molar-refractivity contribution >= 4 is 28.3 Å². The molecule has 4 aromatic rings. The summed E-state index contributed by atoms with van der Waals surface area (Å²) in [6.45, 7) is 0. The van der Waals surface area contributed by atoms with E-state index in [-0.39, 0.29) is 0 Å². The van der Waals surface area contributed by atoms with Crippen LogP contribution >= 0.6 is 11.6 Å². The van der Waals surface area contributed by atoms with E-state index in [1.807, 2.05) is 43.7 Å². The van der Waals surface area contributed by atoms with Gasteiger partial charge in [0.15, 0.2) is 0 Å². The van der Waals surface area contributed by atoms with Gasteiger partial charge in [0.1, 0.15) is 17.2 Å². The maximum Gasteiger partial charge on any atom is 0.142 e. The van der Waals surface area contributed by atoms with E-state index < -0.39 is 0 Å². The lowest BCUT2D eigenvalue weighted by Gasteiger charge is -2.08. The molecule has 6 nitrogen and oxygen atoms in total. The Morgan fingerprint density at radius 2 is 2.09 bits per heavy atom. The van der Waals surface area contributed by atoms with E-state index in [1.54, 1.807) is 4.68 Å². The topological polar surface area (TPSA) is 85.4 Å². The van der Waals surface area contributed by atoms with Crippen LogP contribution in [0.25, 0.3) is 33.5 Å². The van der Waals surface area contributed by atoms with Crippen LogP contribution in [0.4, 0.5) is 5.82 Å². The van der Waals surface area contributed by atoms with E-state index in [2.05, 4.69) is 20.1 Å². The fourth-order valence-electron chi connectivity index (χ4n) is 2.60. The second-order valence-corrected chi connectivity index (χ2v) is 5.67. The molecular formula is C16H13ClN6. The molecule has 3 N–H and O–H groups in total. The molecule has 0 fully saturated rings. The first-order valence-electron chi connectivity index (χ1n) is 7.01. The second-order valence-electron chi connectivity index (χ2n) is 5.27. The summed E-state index contributed by atoms with van der Waals surface area (Å²) >= 11 is 6.36. The van der Waals surface area contributed by atoms with Crippen LogP contribution in [0, 0.1) is 0 Å². The van der Waals surface area contributed by atoms with Gasteiger partial charge in [-0.05, 0) is 24.3 Å². The zero-order chi connectivity index (χ0) is 16.0. The summed E-state index contributed by atoms with van der Waals surface area (Å²) < 4.78 is 1.71. The minimum absolute atomic E-state index is 0.350. The molecule has 114 valence electrons. The Kier molecular flexibility index (Phi) is 3.06. The molecule has 0 spiro atoms. The molecule has 4 rings (SSSR count). The molecule has 0 aliphatic carbocycles. The van der Waals surface area contributed by atoms with Gasteiger partial charge >= 0.3 is 0 Å². The maximum atomic E-state index is 6.36. The molecule has 7 heteroatoms. The van der Waals surface area contributed by atoms with Crippen molar-refractivity contribution in [2.45, 2.75) is 0 Å². The number of aromatic amines is 1. The summed E-state index contributed by atoms with van der Waals surface area (Å²) in [5.74, 6) is 0.350. The number of aromatic nitrogens is 5. The van der Waals surface area contributed by atoms with Gasteiger partial charge in [-0.2, -0.15) is 5.10 Å². The zero-order valence-corrected chi connectivity index (χ0v) is 13.0. The van der Waals surface area contributed by atoms with Gasteiger partial charge in [-0.15, -0.1) is 0 Å². The van der Waals surface area contributed by atoms with Crippen molar-refractivity contribution in [3.8, 4) is 22.6 Å². The van der Waals surface area contributed by atoms with Crippen LogP contribution in [0.15, 0.2) is 42.9 Å². The van der Waals surface area contributed by atoms with Crippen molar-refractivity contribution in [1.29, 1.82) is 0 Å². The van der Waals surface area contributed by atoms with Crippen molar-refractivity contribution < 1.29 is 0 Å². The van der Waals surface area contributed by atoms with Crippen molar-refractivity contribution in [3.05, 3.63) is 47.9 Å². The number of aryl methyl sites for hydroxylation is 1. The van der Waals surface area contributed by atoms with Crippen LogP contribution < -0.4 is 5.73 Å². The molecule has 0 amide bonds. The monoisotopic (exact) mass is 324 g/mol. The van der Waals surface area contributed by atoms with Crippen LogP contribution in [0.3, 0.4) is 0 Å². The SMILES string of the molecule is Cn1ccc(-c2nc(N)cnc2-c2cc(Cl)c3[nH]ccc3c2)n1. The van der Waals surface area contributed by atoms with Crippen LogP contribution in [0.5, 0.6) is 0 Å². The molecule has 0 aliphatic heterocycles. The molecule has 3 aromatic heterocycles. The van der Waals surface area contributed by atoms with Gasteiger partial charge in [0.05, 0.1) is 22.4 Å². The molecule has 1 aromatic carbocycles. The standard InChI is InChI=1S/C16H13ClN6/c1-23-5-3-12(22-23)16-15(20-8-13(18)21-16)10-6-9-2-4-19-14(9)11(17)7-10/h2-8,19H,1H3,(H2,18,21). The predicted octanol–water partition coefficient (Wildman–Crippen LogP) is 3.26. The summed E-state index contributed by atoms with van der Waals surface area (Å²) in [7, 11) is 1.85. The number of H-pyrrole nitrogens is 1. The van der Waals surface area contributed by atoms with Gasteiger partial charge in [0, 0.05) is 30.4 Å². The lowest BCUT2D eigenvalue weighted by atomic mass is 10.1. The Labute approximate surface area is 136 Å². The van der Waals surface area contributed by atoms with Gasteiger partial charge in [-0.3, -0.25) is 9.67 Å². The van der Waals surface area contributed by atoms with Crippen LogP contribution in [0.1, 0.15) is 0 Å². The highest BCUT2D eigenvalue weighted by atomic mass is 35.5. The smallest absolute Gasteiger partial charge is 0.142 e. The fourth-order valence-corrected chi connectivity index (χ4v) is 2.88. The quantitative estimate of drug-likeness (QED) is 0.592. The number of hydrogen-bond acceptors (Lipinski definition) is 4. The Balaban J connectivity index is 1.97. The number of hydrogen-bond donors (Lipinski definition) is 2. The number of nitrogens with two attached hydrogens (primary N) is 1. The minimum Gasteiger partial charge on any atom is -0.382 e. The first-order chi connectivity index (χ1) is 11.1. The van der Waals surface area contributed by atoms with E-state index >= 15 is 0 Å². The number of rotatable bonds is 2. The molecule has 0 unspecified atom stereocenters. The molecular weight excluding hydrogens is 312 g/mol. The molecule has 0 saturated carbocycles. The van der Waals surface area contributed by atoms with E-state index in [0.717, 1.165) is 16.5 Å². The third-order valence-corrected chi connectivity index (χ3v) is 3.93. The lowest BCUT2D eigenvalue weighted by Crippen LogP contribution is -1.99. The predicted molar refractivity (Wildman–Crippen MR) is 90.9 cm³/mol. The van der Waals surface area contributed by atoms with E-state index in [4.69, 9.17) is 17.3 Å². The number of fused-ring (bicyclic) bond motifs is 1. The first kappa shape index (κ1) is 13.8. The summed E-state index contributed by atoms with van der Waals surface area (Å²) in [4.78, 5) is 12.0. The fraction of sp³-hybridized carbons (Fsp3) is 0.0625. The number of benzene rings is 1. The second kappa shape index (κ2) is 5.10. The normalized spacial score (nSPS) is 11.2. The highest BCUT2D eigenvalue weighted by molar-refractivity contribution is 6.35. The molecule has 0 saturated heterocycles. The molecule has 0 aliphatic rings. The van der Waals surface area contributed by atoms with Gasteiger partial charge < -0.3 is 10.7 Å². The van der Waals surface area contributed by atoms with Crippen molar-refractivity contribution in [1.82, 2.24) is 24.7 Å². The highest BCUT2D eigenvalue weighted by Crippen LogP contribution is 2.33. The minimum atomic E-state index is 0.350. The summed E-state index contributed by atoms with van der Waals surface area (Å²) in [6, 6.07) is 7.73. The molecule has 0 radical (unpaired) electrons. The number of nitrogens with zero attached hydrogens (tertiary/aromatic N) is 4. The highest BCUT2D eigenvalue weighted by Gasteiger charge is 2.15. The molecule has 3 heterocycles. The average molecular weight is 325 g/mol. The third kappa shape index (κ3) is 2.33. The van der Waals surface area contributed by atoms with Gasteiger partial charge in [-0.1, -0.05) is 11.6 Å². The zero-order valence-electron chi connectivity index (χ0n) is 12.3. The summed E-state index contributed by atoms with van der Waals surface area (Å²) in [5.41, 5.74) is 9.63. The van der Waals surface area contributed by atoms with Crippen LogP contribution in [-0.4, -0.2) is 24.7 Å². The van der Waals surface area contributed by atoms with Crippen LogP contribution in [-0.2, 0) is 7.05 Å². The molecule has 23 heavy (non-hydrogen) atoms. The van der Waals surface area contributed by atoms with E-state index in [0.29, 0.717) is 27.9 Å². The maximum absolute atomic E-state index is 6.36. The molecule has 0 atom stereocenters. The molecule has 0 bridgehead atoms.